The van der Waals surface area contributed by atoms with Gasteiger partial charge in [0.25, 0.3) is 0 Å². The van der Waals surface area contributed by atoms with Crippen molar-refractivity contribution in [1.82, 2.24) is 19.9 Å². The minimum atomic E-state index is 0.278. The molecule has 0 atom stereocenters. The van der Waals surface area contributed by atoms with Crippen molar-refractivity contribution in [3.8, 4) is 23.0 Å². The van der Waals surface area contributed by atoms with E-state index in [9.17, 15) is 0 Å². The van der Waals surface area contributed by atoms with Gasteiger partial charge in [0, 0.05) is 18.9 Å². The van der Waals surface area contributed by atoms with Gasteiger partial charge < -0.3 is 14.8 Å². The van der Waals surface area contributed by atoms with Crippen LogP contribution in [0.25, 0.3) is 21.7 Å². The summed E-state index contributed by atoms with van der Waals surface area (Å²) in [5, 5.41) is 4.30. The summed E-state index contributed by atoms with van der Waals surface area (Å²) < 4.78 is 11.5. The third-order valence-electron chi connectivity index (χ3n) is 4.30. The largest absolute Gasteiger partial charge is 0.454 e. The highest BCUT2D eigenvalue weighted by atomic mass is 35.5. The molecule has 0 spiro atoms. The Bertz CT molecular complexity index is 1150. The second-order valence-corrected chi connectivity index (χ2v) is 7.78. The van der Waals surface area contributed by atoms with Crippen LogP contribution >= 0.6 is 22.9 Å². The van der Waals surface area contributed by atoms with Gasteiger partial charge in [-0.05, 0) is 30.2 Å². The van der Waals surface area contributed by atoms with Crippen molar-refractivity contribution >= 4 is 39.0 Å². The van der Waals surface area contributed by atoms with Crippen molar-refractivity contribution in [3.63, 3.8) is 0 Å². The van der Waals surface area contributed by atoms with Crippen LogP contribution in [0.2, 0.25) is 4.34 Å². The Hall–Kier alpha value is -2.97. The van der Waals surface area contributed by atoms with Gasteiger partial charge >= 0.3 is 0 Å². The highest BCUT2D eigenvalue weighted by molar-refractivity contribution is 7.22. The number of hydrogen-bond acceptors (Lipinski definition) is 8. The third-order valence-corrected chi connectivity index (χ3v) is 5.46. The maximum absolute atomic E-state index is 6.21. The lowest BCUT2D eigenvalue weighted by Crippen LogP contribution is -2.08. The normalized spacial score (nSPS) is 12.5. The number of ether oxygens (including phenoxy) is 2. The number of rotatable bonds is 5. The van der Waals surface area contributed by atoms with Crippen molar-refractivity contribution in [2.45, 2.75) is 6.42 Å². The minimum absolute atomic E-state index is 0.278. The first-order valence-electron chi connectivity index (χ1n) is 8.62. The van der Waals surface area contributed by atoms with E-state index in [1.54, 1.807) is 18.6 Å². The second kappa shape index (κ2) is 7.21. The summed E-state index contributed by atoms with van der Waals surface area (Å²) in [6.45, 7) is 0.971. The van der Waals surface area contributed by atoms with Gasteiger partial charge in [0.05, 0.1) is 15.9 Å². The Morgan fingerprint density at radius 3 is 2.93 bits per heavy atom. The van der Waals surface area contributed by atoms with E-state index in [0.29, 0.717) is 22.4 Å². The van der Waals surface area contributed by atoms with Crippen LogP contribution in [0.15, 0.2) is 42.9 Å². The first kappa shape index (κ1) is 17.2. The van der Waals surface area contributed by atoms with E-state index in [0.717, 1.165) is 39.5 Å². The molecule has 140 valence electrons. The fourth-order valence-corrected chi connectivity index (χ4v) is 4.07. The zero-order valence-corrected chi connectivity index (χ0v) is 16.1. The van der Waals surface area contributed by atoms with E-state index < -0.39 is 0 Å². The van der Waals surface area contributed by atoms with Crippen LogP contribution in [-0.4, -0.2) is 33.3 Å². The van der Waals surface area contributed by atoms with E-state index in [-0.39, 0.29) is 6.79 Å². The third kappa shape index (κ3) is 3.32. The molecule has 0 unspecified atom stereocenters. The zero-order chi connectivity index (χ0) is 18.9. The van der Waals surface area contributed by atoms with Crippen LogP contribution in [0.3, 0.4) is 0 Å². The molecule has 9 heteroatoms. The molecule has 1 aliphatic heterocycles. The molecule has 0 bridgehead atoms. The molecule has 1 aliphatic rings. The van der Waals surface area contributed by atoms with Gasteiger partial charge in [-0.2, -0.15) is 0 Å². The molecular formula is C19H14ClN5O2S. The lowest BCUT2D eigenvalue weighted by molar-refractivity contribution is 0.174. The van der Waals surface area contributed by atoms with Crippen LogP contribution in [0.4, 0.5) is 5.82 Å². The summed E-state index contributed by atoms with van der Waals surface area (Å²) in [6, 6.07) is 7.86. The summed E-state index contributed by atoms with van der Waals surface area (Å²) >= 11 is 7.62. The fourth-order valence-electron chi connectivity index (χ4n) is 2.98. The predicted octanol–water partition coefficient (Wildman–Crippen LogP) is 4.19. The topological polar surface area (TPSA) is 82.0 Å². The number of aromatic nitrogens is 4. The van der Waals surface area contributed by atoms with E-state index in [1.807, 2.05) is 24.3 Å². The van der Waals surface area contributed by atoms with E-state index in [4.69, 9.17) is 21.1 Å². The summed E-state index contributed by atoms with van der Waals surface area (Å²) in [4.78, 5) is 18.4. The van der Waals surface area contributed by atoms with Crippen molar-refractivity contribution < 1.29 is 9.47 Å². The van der Waals surface area contributed by atoms with Gasteiger partial charge in [0.15, 0.2) is 17.3 Å². The molecule has 0 saturated heterocycles. The summed E-state index contributed by atoms with van der Waals surface area (Å²) in [7, 11) is 0. The van der Waals surface area contributed by atoms with Crippen LogP contribution in [0.5, 0.6) is 11.5 Å². The van der Waals surface area contributed by atoms with Gasteiger partial charge in [-0.3, -0.25) is 4.98 Å². The van der Waals surface area contributed by atoms with E-state index >= 15 is 0 Å². The molecule has 0 fully saturated rings. The Kier molecular flexibility index (Phi) is 4.42. The average molecular weight is 412 g/mol. The predicted molar refractivity (Wildman–Crippen MR) is 108 cm³/mol. The van der Waals surface area contributed by atoms with Gasteiger partial charge in [-0.1, -0.05) is 17.7 Å². The molecule has 3 aromatic heterocycles. The van der Waals surface area contributed by atoms with E-state index in [1.165, 1.54) is 11.3 Å². The van der Waals surface area contributed by atoms with E-state index in [2.05, 4.69) is 25.3 Å². The standard InChI is InChI=1S/C19H14ClN5O2S/c20-16-8-12-17(23-4-3-11-1-2-14-15(7-11)27-10-26-14)24-18(25-19(12)28-16)13-9-21-5-6-22-13/h1-2,5-9H,3-4,10H2,(H,23,24,25). The maximum Gasteiger partial charge on any atom is 0.231 e. The van der Waals surface area contributed by atoms with Crippen molar-refractivity contribution in [3.05, 3.63) is 52.8 Å². The van der Waals surface area contributed by atoms with Crippen LogP contribution in [-0.2, 0) is 6.42 Å². The molecule has 1 N–H and O–H groups in total. The highest BCUT2D eigenvalue weighted by Gasteiger charge is 2.15. The monoisotopic (exact) mass is 411 g/mol. The lowest BCUT2D eigenvalue weighted by atomic mass is 10.1. The number of halogens is 1. The number of thiophene rings is 1. The number of nitrogens with one attached hydrogen (secondary N) is 1. The Morgan fingerprint density at radius 2 is 2.04 bits per heavy atom. The Labute approximate surface area is 169 Å². The van der Waals surface area contributed by atoms with Crippen molar-refractivity contribution in [2.75, 3.05) is 18.7 Å². The molecule has 4 heterocycles. The minimum Gasteiger partial charge on any atom is -0.454 e. The number of benzene rings is 1. The molecule has 0 radical (unpaired) electrons. The summed E-state index contributed by atoms with van der Waals surface area (Å²) in [5.41, 5.74) is 1.77. The number of fused-ring (bicyclic) bond motifs is 2. The maximum atomic E-state index is 6.21. The SMILES string of the molecule is Clc1cc2c(NCCc3ccc4c(c3)OCO4)nc(-c3cnccn3)nc2s1. The molecule has 7 nitrogen and oxygen atoms in total. The molecule has 0 amide bonds. The van der Waals surface area contributed by atoms with Crippen molar-refractivity contribution in [2.24, 2.45) is 0 Å². The zero-order valence-electron chi connectivity index (χ0n) is 14.6. The summed E-state index contributed by atoms with van der Waals surface area (Å²) in [6.07, 6.45) is 5.69. The van der Waals surface area contributed by atoms with Crippen LogP contribution in [0.1, 0.15) is 5.56 Å². The lowest BCUT2D eigenvalue weighted by Gasteiger charge is -2.09. The van der Waals surface area contributed by atoms with Gasteiger partial charge in [0.2, 0.25) is 6.79 Å². The molecule has 28 heavy (non-hydrogen) atoms. The number of nitrogens with zero attached hydrogens (tertiary/aromatic N) is 4. The van der Waals surface area contributed by atoms with Gasteiger partial charge in [-0.15, -0.1) is 11.3 Å². The van der Waals surface area contributed by atoms with Crippen LogP contribution < -0.4 is 14.8 Å². The Balaban J connectivity index is 1.40. The Morgan fingerprint density at radius 1 is 1.11 bits per heavy atom. The molecule has 0 saturated carbocycles. The number of anilines is 1. The van der Waals surface area contributed by atoms with Gasteiger partial charge in [-0.25, -0.2) is 15.0 Å². The second-order valence-electron chi connectivity index (χ2n) is 6.12. The molecule has 4 aromatic rings. The molecule has 1 aromatic carbocycles. The molecule has 5 rings (SSSR count). The highest BCUT2D eigenvalue weighted by Crippen LogP contribution is 2.34. The first-order valence-corrected chi connectivity index (χ1v) is 9.81. The average Bonchev–Trinajstić information content (AvgIpc) is 3.33. The quantitative estimate of drug-likeness (QED) is 0.527. The smallest absolute Gasteiger partial charge is 0.231 e. The van der Waals surface area contributed by atoms with Crippen LogP contribution in [0, 0.1) is 0 Å². The number of hydrogen-bond donors (Lipinski definition) is 1. The molecule has 0 aliphatic carbocycles. The van der Waals surface area contributed by atoms with Crippen molar-refractivity contribution in [1.29, 1.82) is 0 Å². The first-order chi connectivity index (χ1) is 13.8. The fraction of sp³-hybridized carbons (Fsp3) is 0.158. The summed E-state index contributed by atoms with van der Waals surface area (Å²) in [5.74, 6) is 2.83. The molecular weight excluding hydrogens is 398 g/mol. The van der Waals surface area contributed by atoms with Gasteiger partial charge in [0.1, 0.15) is 16.3 Å².